The molecule has 176 valence electrons. The maximum absolute atomic E-state index is 12.1. The van der Waals surface area contributed by atoms with Crippen molar-refractivity contribution in [3.8, 4) is 5.75 Å². The molecule has 1 aliphatic heterocycles. The van der Waals surface area contributed by atoms with Gasteiger partial charge in [0.25, 0.3) is 0 Å². The van der Waals surface area contributed by atoms with Gasteiger partial charge in [-0.1, -0.05) is 32.6 Å². The van der Waals surface area contributed by atoms with Gasteiger partial charge in [-0.05, 0) is 18.9 Å². The smallest absolute Gasteiger partial charge is 0.336 e. The third kappa shape index (κ3) is 7.69. The molecule has 0 spiro atoms. The average molecular weight is 443 g/mol. The van der Waals surface area contributed by atoms with E-state index in [9.17, 15) is 30.0 Å². The number of rotatable bonds is 13. The van der Waals surface area contributed by atoms with Crippen LogP contribution in [-0.2, 0) is 16.0 Å². The van der Waals surface area contributed by atoms with Crippen molar-refractivity contribution in [2.24, 2.45) is 0 Å². The molecule has 0 aromatic carbocycles. The van der Waals surface area contributed by atoms with Crippen LogP contribution in [-0.4, -0.2) is 63.5 Å². The molecule has 1 aromatic rings. The van der Waals surface area contributed by atoms with Crippen LogP contribution in [0.5, 0.6) is 5.75 Å². The van der Waals surface area contributed by atoms with E-state index in [1.807, 2.05) is 0 Å². The third-order valence-electron chi connectivity index (χ3n) is 5.38. The molecule has 9 nitrogen and oxygen atoms in total. The highest BCUT2D eigenvalue weighted by Gasteiger charge is 2.45. The summed E-state index contributed by atoms with van der Waals surface area (Å²) in [6, 6.07) is 2.50. The molecule has 4 N–H and O–H groups in total. The Morgan fingerprint density at radius 3 is 2.42 bits per heavy atom. The second-order valence-electron chi connectivity index (χ2n) is 7.91. The van der Waals surface area contributed by atoms with E-state index in [-0.39, 0.29) is 23.7 Å². The number of carbonyl (C=O) groups is 1. The molecule has 1 aromatic heterocycles. The fourth-order valence-corrected chi connectivity index (χ4v) is 3.51. The van der Waals surface area contributed by atoms with Crippen molar-refractivity contribution >= 4 is 5.78 Å². The number of carbonyl (C=O) groups excluding carboxylic acids is 1. The number of unbranched alkanes of at least 4 members (excludes halogenated alkanes) is 4. The zero-order valence-corrected chi connectivity index (χ0v) is 17.9. The summed E-state index contributed by atoms with van der Waals surface area (Å²) < 4.78 is 16.1. The first-order valence-electron chi connectivity index (χ1n) is 11.0. The van der Waals surface area contributed by atoms with Crippen LogP contribution in [0.15, 0.2) is 21.3 Å². The van der Waals surface area contributed by atoms with E-state index in [1.54, 1.807) is 0 Å². The lowest BCUT2D eigenvalue weighted by Gasteiger charge is -2.39. The van der Waals surface area contributed by atoms with Gasteiger partial charge in [-0.15, -0.1) is 0 Å². The average Bonchev–Trinajstić information content (AvgIpc) is 2.75. The standard InChI is InChI=1S/C22H34O9/c1-2-3-4-5-6-8-14(24)9-7-10-15-16(11-12-18(25)29-15)30-22-21(28)20(27)19(26)17(13-23)31-22/h11-12,17,19-23,26-28H,2-10,13H2,1H3/t17-,19-,20+,21-,22-/m1/s1. The quantitative estimate of drug-likeness (QED) is 0.329. The number of hydrogen-bond acceptors (Lipinski definition) is 9. The number of aliphatic hydroxyl groups is 4. The molecular formula is C22H34O9. The lowest BCUT2D eigenvalue weighted by Crippen LogP contribution is -2.60. The summed E-state index contributed by atoms with van der Waals surface area (Å²) in [5.41, 5.74) is -0.585. The first-order valence-corrected chi connectivity index (χ1v) is 11.0. The van der Waals surface area contributed by atoms with Crippen LogP contribution in [0.1, 0.15) is 64.1 Å². The summed E-state index contributed by atoms with van der Waals surface area (Å²) >= 11 is 0. The van der Waals surface area contributed by atoms with Gasteiger partial charge in [0.2, 0.25) is 6.29 Å². The molecule has 2 heterocycles. The van der Waals surface area contributed by atoms with Crippen LogP contribution in [0.3, 0.4) is 0 Å². The van der Waals surface area contributed by atoms with Crippen molar-refractivity contribution in [2.45, 2.75) is 95.4 Å². The number of ketones is 1. The second kappa shape index (κ2) is 12.9. The minimum atomic E-state index is -1.58. The zero-order valence-electron chi connectivity index (χ0n) is 17.9. The predicted octanol–water partition coefficient (Wildman–Crippen LogP) is 1.07. The van der Waals surface area contributed by atoms with Crippen molar-refractivity contribution < 1.29 is 39.1 Å². The maximum atomic E-state index is 12.1. The first kappa shape index (κ1) is 25.5. The predicted molar refractivity (Wildman–Crippen MR) is 111 cm³/mol. The van der Waals surface area contributed by atoms with E-state index in [0.717, 1.165) is 31.7 Å². The minimum absolute atomic E-state index is 0.121. The van der Waals surface area contributed by atoms with Gasteiger partial charge in [0, 0.05) is 25.3 Å². The molecule has 1 saturated heterocycles. The molecule has 2 rings (SSSR count). The number of aryl methyl sites for hydroxylation is 1. The number of Topliss-reactive ketones (excluding diaryl/α,β-unsaturated/α-hetero) is 1. The van der Waals surface area contributed by atoms with Crippen LogP contribution in [0.25, 0.3) is 0 Å². The summed E-state index contributed by atoms with van der Waals surface area (Å²) in [6.07, 6.45) is -0.129. The molecule has 9 heteroatoms. The largest absolute Gasteiger partial charge is 0.458 e. The topological polar surface area (TPSA) is 147 Å². The van der Waals surface area contributed by atoms with E-state index < -0.39 is 42.9 Å². The van der Waals surface area contributed by atoms with Gasteiger partial charge in [-0.25, -0.2) is 4.79 Å². The number of hydrogen-bond donors (Lipinski definition) is 4. The molecule has 0 saturated carbocycles. The van der Waals surface area contributed by atoms with Gasteiger partial charge < -0.3 is 34.3 Å². The van der Waals surface area contributed by atoms with Crippen molar-refractivity contribution in [1.29, 1.82) is 0 Å². The fourth-order valence-electron chi connectivity index (χ4n) is 3.51. The Labute approximate surface area is 181 Å². The molecular weight excluding hydrogens is 408 g/mol. The highest BCUT2D eigenvalue weighted by atomic mass is 16.7. The maximum Gasteiger partial charge on any atom is 0.336 e. The van der Waals surface area contributed by atoms with E-state index in [0.29, 0.717) is 19.3 Å². The normalized spacial score (nSPS) is 26.0. The van der Waals surface area contributed by atoms with Gasteiger partial charge >= 0.3 is 5.63 Å². The monoisotopic (exact) mass is 442 g/mol. The highest BCUT2D eigenvalue weighted by molar-refractivity contribution is 5.78. The van der Waals surface area contributed by atoms with Crippen molar-refractivity contribution in [1.82, 2.24) is 0 Å². The SMILES string of the molecule is CCCCCCCC(=O)CCCc1oc(=O)ccc1O[C@@H]1O[C@H](CO)[C@@H](O)[C@H](O)[C@H]1O. The van der Waals surface area contributed by atoms with E-state index in [2.05, 4.69) is 6.92 Å². The minimum Gasteiger partial charge on any atom is -0.458 e. The molecule has 0 radical (unpaired) electrons. The van der Waals surface area contributed by atoms with E-state index in [4.69, 9.17) is 13.9 Å². The Kier molecular flexibility index (Phi) is 10.6. The number of aliphatic hydroxyl groups excluding tert-OH is 4. The summed E-state index contributed by atoms with van der Waals surface area (Å²) in [7, 11) is 0. The lowest BCUT2D eigenvalue weighted by atomic mass is 9.99. The Hall–Kier alpha value is -1.78. The fraction of sp³-hybridized carbons (Fsp3) is 0.727. The van der Waals surface area contributed by atoms with Crippen LogP contribution in [0.4, 0.5) is 0 Å². The molecule has 31 heavy (non-hydrogen) atoms. The molecule has 0 amide bonds. The summed E-state index contributed by atoms with van der Waals surface area (Å²) in [6.45, 7) is 1.56. The summed E-state index contributed by atoms with van der Waals surface area (Å²) in [4.78, 5) is 23.7. The molecule has 0 bridgehead atoms. The van der Waals surface area contributed by atoms with Crippen molar-refractivity contribution in [3.63, 3.8) is 0 Å². The van der Waals surface area contributed by atoms with Crippen LogP contribution in [0, 0.1) is 0 Å². The van der Waals surface area contributed by atoms with Crippen molar-refractivity contribution in [3.05, 3.63) is 28.3 Å². The van der Waals surface area contributed by atoms with E-state index >= 15 is 0 Å². The van der Waals surface area contributed by atoms with Crippen LogP contribution >= 0.6 is 0 Å². The summed E-state index contributed by atoms with van der Waals surface area (Å²) in [5, 5.41) is 39.2. The van der Waals surface area contributed by atoms with Crippen LogP contribution < -0.4 is 10.4 Å². The molecule has 0 unspecified atom stereocenters. The van der Waals surface area contributed by atoms with Crippen molar-refractivity contribution in [2.75, 3.05) is 6.61 Å². The highest BCUT2D eigenvalue weighted by Crippen LogP contribution is 2.26. The number of ether oxygens (including phenoxy) is 2. The van der Waals surface area contributed by atoms with Gasteiger partial charge in [0.1, 0.15) is 36.0 Å². The molecule has 5 atom stereocenters. The summed E-state index contributed by atoms with van der Waals surface area (Å²) in [5.74, 6) is 0.474. The van der Waals surface area contributed by atoms with Gasteiger partial charge in [-0.3, -0.25) is 4.79 Å². The Morgan fingerprint density at radius 1 is 1.00 bits per heavy atom. The molecule has 1 aliphatic rings. The van der Waals surface area contributed by atoms with Gasteiger partial charge in [0.15, 0.2) is 5.75 Å². The van der Waals surface area contributed by atoms with Crippen LogP contribution in [0.2, 0.25) is 0 Å². The molecule has 1 fully saturated rings. The lowest BCUT2D eigenvalue weighted by molar-refractivity contribution is -0.277. The Balaban J connectivity index is 1.92. The Bertz CT molecular complexity index is 730. The second-order valence-corrected chi connectivity index (χ2v) is 7.91. The third-order valence-corrected chi connectivity index (χ3v) is 5.38. The zero-order chi connectivity index (χ0) is 22.8. The van der Waals surface area contributed by atoms with Gasteiger partial charge in [-0.2, -0.15) is 0 Å². The first-order chi connectivity index (χ1) is 14.9. The van der Waals surface area contributed by atoms with Gasteiger partial charge in [0.05, 0.1) is 6.61 Å². The molecule has 0 aliphatic carbocycles. The Morgan fingerprint density at radius 2 is 1.71 bits per heavy atom. The van der Waals surface area contributed by atoms with E-state index in [1.165, 1.54) is 12.5 Å².